The van der Waals surface area contributed by atoms with Gasteiger partial charge in [0.05, 0.1) is 14.2 Å². The number of likely N-dealkylation sites (N-methyl/N-ethyl adjacent to an activating group) is 1. The summed E-state index contributed by atoms with van der Waals surface area (Å²) in [5.41, 5.74) is 2.34. The van der Waals surface area contributed by atoms with Crippen LogP contribution < -0.4 is 24.3 Å². The summed E-state index contributed by atoms with van der Waals surface area (Å²) in [5.74, 6) is -0.521. The zero-order chi connectivity index (χ0) is 24.4. The van der Waals surface area contributed by atoms with Crippen LogP contribution in [0.15, 0.2) is 36.4 Å². The lowest BCUT2D eigenvalue weighted by Crippen LogP contribution is -2.30. The molecule has 0 aromatic heterocycles. The number of nitrogens with zero attached hydrogens (tertiary/aromatic N) is 1. The Balaban J connectivity index is 0.000000569. The first-order chi connectivity index (χ1) is 15.8. The molecule has 0 spiro atoms. The Morgan fingerprint density at radius 2 is 1.61 bits per heavy atom. The second kappa shape index (κ2) is 12.5. The fraction of sp³-hybridized carbons (Fsp3) is 0.391. The van der Waals surface area contributed by atoms with Crippen molar-refractivity contribution in [1.82, 2.24) is 10.2 Å². The highest BCUT2D eigenvalue weighted by Gasteiger charge is 2.17. The number of hydrogen-bond donors (Lipinski definition) is 3. The van der Waals surface area contributed by atoms with E-state index in [1.54, 1.807) is 14.2 Å². The van der Waals surface area contributed by atoms with E-state index in [4.69, 9.17) is 38.7 Å². The van der Waals surface area contributed by atoms with Crippen LogP contribution >= 0.6 is 0 Å². The van der Waals surface area contributed by atoms with Crippen LogP contribution in [0.4, 0.5) is 0 Å². The first-order valence-corrected chi connectivity index (χ1v) is 10.2. The van der Waals surface area contributed by atoms with Gasteiger partial charge in [-0.25, -0.2) is 9.59 Å². The molecule has 0 saturated carbocycles. The highest BCUT2D eigenvalue weighted by Crippen LogP contribution is 2.32. The molecule has 180 valence electrons. The quantitative estimate of drug-likeness (QED) is 0.502. The molecule has 2 aromatic carbocycles. The second-order valence-corrected chi connectivity index (χ2v) is 7.31. The third kappa shape index (κ3) is 7.55. The average Bonchev–Trinajstić information content (AvgIpc) is 2.81. The normalized spacial score (nSPS) is 12.9. The number of carboxylic acids is 2. The maximum absolute atomic E-state index is 9.10. The molecule has 0 fully saturated rings. The van der Waals surface area contributed by atoms with Crippen LogP contribution in [0.1, 0.15) is 17.2 Å². The van der Waals surface area contributed by atoms with Gasteiger partial charge < -0.3 is 39.4 Å². The van der Waals surface area contributed by atoms with Gasteiger partial charge in [0, 0.05) is 19.1 Å². The van der Waals surface area contributed by atoms with Gasteiger partial charge in [0.1, 0.15) is 13.2 Å². The summed E-state index contributed by atoms with van der Waals surface area (Å²) in [4.78, 5) is 20.4. The van der Waals surface area contributed by atoms with E-state index < -0.39 is 11.9 Å². The lowest BCUT2D eigenvalue weighted by atomic mass is 10.0. The van der Waals surface area contributed by atoms with Gasteiger partial charge in [-0.05, 0) is 49.5 Å². The molecular weight excluding hydrogens is 432 g/mol. The Bertz CT molecular complexity index is 936. The molecule has 3 N–H and O–H groups in total. The lowest BCUT2D eigenvalue weighted by Gasteiger charge is -2.26. The van der Waals surface area contributed by atoms with E-state index in [2.05, 4.69) is 36.4 Å². The molecule has 1 aliphatic rings. The van der Waals surface area contributed by atoms with Crippen LogP contribution in [0.2, 0.25) is 0 Å². The number of benzene rings is 2. The standard InChI is InChI=1S/C21H28N2O4.C2H2O4/c1-23(2)17(16-6-8-18(24-3)20(12-16)25-4)14-22-13-15-5-7-19-21(11-15)27-10-9-26-19;3-1(4)2(5)6/h5-8,11-12,17,22H,9-10,13-14H2,1-4H3;(H,3,4)(H,5,6). The number of methoxy groups -OCH3 is 2. The molecule has 1 aliphatic heterocycles. The van der Waals surface area contributed by atoms with Crippen LogP contribution in [-0.2, 0) is 16.1 Å². The van der Waals surface area contributed by atoms with E-state index >= 15 is 0 Å². The van der Waals surface area contributed by atoms with Crippen molar-refractivity contribution in [3.63, 3.8) is 0 Å². The molecule has 0 radical (unpaired) electrons. The molecule has 3 rings (SSSR count). The lowest BCUT2D eigenvalue weighted by molar-refractivity contribution is -0.159. The summed E-state index contributed by atoms with van der Waals surface area (Å²) in [6.45, 7) is 2.78. The number of ether oxygens (including phenoxy) is 4. The van der Waals surface area contributed by atoms with Gasteiger partial charge in [-0.1, -0.05) is 12.1 Å². The van der Waals surface area contributed by atoms with Crippen molar-refractivity contribution < 1.29 is 38.7 Å². The molecule has 1 atom stereocenters. The van der Waals surface area contributed by atoms with Crippen molar-refractivity contribution in [1.29, 1.82) is 0 Å². The van der Waals surface area contributed by atoms with Crippen molar-refractivity contribution in [3.05, 3.63) is 47.5 Å². The minimum Gasteiger partial charge on any atom is -0.493 e. The number of fused-ring (bicyclic) bond motifs is 1. The van der Waals surface area contributed by atoms with Crippen LogP contribution in [0.3, 0.4) is 0 Å². The van der Waals surface area contributed by atoms with E-state index in [0.29, 0.717) is 13.2 Å². The van der Waals surface area contributed by atoms with Crippen molar-refractivity contribution >= 4 is 11.9 Å². The van der Waals surface area contributed by atoms with E-state index in [9.17, 15) is 0 Å². The highest BCUT2D eigenvalue weighted by atomic mass is 16.6. The molecule has 0 aliphatic carbocycles. The number of nitrogens with one attached hydrogen (secondary N) is 1. The molecule has 0 amide bonds. The van der Waals surface area contributed by atoms with Gasteiger partial charge in [0.2, 0.25) is 0 Å². The van der Waals surface area contributed by atoms with Crippen LogP contribution in [-0.4, -0.2) is 75.1 Å². The maximum Gasteiger partial charge on any atom is 0.414 e. The Kier molecular flexibility index (Phi) is 9.77. The van der Waals surface area contributed by atoms with Gasteiger partial charge in [-0.15, -0.1) is 0 Å². The Morgan fingerprint density at radius 1 is 0.970 bits per heavy atom. The third-order valence-corrected chi connectivity index (χ3v) is 4.87. The SMILES string of the molecule is COc1ccc(C(CNCc2ccc3c(c2)OCCO3)N(C)C)cc1OC.O=C(O)C(=O)O. The number of carbonyl (C=O) groups is 2. The number of carboxylic acid groups (broad SMARTS) is 2. The van der Waals surface area contributed by atoms with Gasteiger partial charge in [-0.3, -0.25) is 0 Å². The Labute approximate surface area is 192 Å². The van der Waals surface area contributed by atoms with Crippen molar-refractivity contribution in [2.75, 3.05) is 48.1 Å². The first-order valence-electron chi connectivity index (χ1n) is 10.2. The van der Waals surface area contributed by atoms with Crippen LogP contribution in [0.25, 0.3) is 0 Å². The molecule has 1 unspecified atom stereocenters. The highest BCUT2D eigenvalue weighted by molar-refractivity contribution is 6.27. The summed E-state index contributed by atoms with van der Waals surface area (Å²) in [6, 6.07) is 12.4. The zero-order valence-corrected chi connectivity index (χ0v) is 19.2. The van der Waals surface area contributed by atoms with E-state index in [0.717, 1.165) is 36.1 Å². The minimum atomic E-state index is -1.82. The Hall–Kier alpha value is -3.50. The first kappa shape index (κ1) is 25.8. The van der Waals surface area contributed by atoms with E-state index in [1.807, 2.05) is 24.3 Å². The summed E-state index contributed by atoms with van der Waals surface area (Å²) in [6.07, 6.45) is 0. The number of aliphatic carboxylic acids is 2. The summed E-state index contributed by atoms with van der Waals surface area (Å²) in [5, 5.41) is 18.3. The minimum absolute atomic E-state index is 0.210. The topological polar surface area (TPSA) is 127 Å². The Morgan fingerprint density at radius 3 is 2.18 bits per heavy atom. The van der Waals surface area contributed by atoms with E-state index in [-0.39, 0.29) is 6.04 Å². The van der Waals surface area contributed by atoms with Gasteiger partial charge in [0.25, 0.3) is 0 Å². The second-order valence-electron chi connectivity index (χ2n) is 7.31. The molecule has 1 heterocycles. The fourth-order valence-corrected chi connectivity index (χ4v) is 3.21. The van der Waals surface area contributed by atoms with Crippen molar-refractivity contribution in [3.8, 4) is 23.0 Å². The summed E-state index contributed by atoms with van der Waals surface area (Å²) >= 11 is 0. The fourth-order valence-electron chi connectivity index (χ4n) is 3.21. The zero-order valence-electron chi connectivity index (χ0n) is 19.2. The van der Waals surface area contributed by atoms with Gasteiger partial charge >= 0.3 is 11.9 Å². The van der Waals surface area contributed by atoms with Crippen molar-refractivity contribution in [2.45, 2.75) is 12.6 Å². The van der Waals surface area contributed by atoms with Crippen LogP contribution in [0, 0.1) is 0 Å². The van der Waals surface area contributed by atoms with Crippen LogP contribution in [0.5, 0.6) is 23.0 Å². The van der Waals surface area contributed by atoms with Crippen molar-refractivity contribution in [2.24, 2.45) is 0 Å². The molecular formula is C23H30N2O8. The smallest absolute Gasteiger partial charge is 0.414 e. The molecule has 2 aromatic rings. The van der Waals surface area contributed by atoms with Gasteiger partial charge in [0.15, 0.2) is 23.0 Å². The molecule has 0 bridgehead atoms. The molecule has 33 heavy (non-hydrogen) atoms. The maximum atomic E-state index is 9.10. The monoisotopic (exact) mass is 462 g/mol. The predicted octanol–water partition coefficient (Wildman–Crippen LogP) is 2.02. The summed E-state index contributed by atoms with van der Waals surface area (Å²) < 4.78 is 22.0. The number of rotatable bonds is 8. The largest absolute Gasteiger partial charge is 0.493 e. The number of hydrogen-bond acceptors (Lipinski definition) is 8. The molecule has 10 nitrogen and oxygen atoms in total. The molecule has 10 heteroatoms. The third-order valence-electron chi connectivity index (χ3n) is 4.87. The van der Waals surface area contributed by atoms with E-state index in [1.165, 1.54) is 11.1 Å². The molecule has 0 saturated heterocycles. The summed E-state index contributed by atoms with van der Waals surface area (Å²) in [7, 11) is 7.46. The average molecular weight is 462 g/mol. The predicted molar refractivity (Wildman–Crippen MR) is 120 cm³/mol. The van der Waals surface area contributed by atoms with Gasteiger partial charge in [-0.2, -0.15) is 0 Å².